The van der Waals surface area contributed by atoms with Crippen LogP contribution >= 0.6 is 11.3 Å². The number of thiophene rings is 1. The van der Waals surface area contributed by atoms with E-state index in [9.17, 15) is 31.7 Å². The predicted molar refractivity (Wildman–Crippen MR) is 134 cm³/mol. The fraction of sp³-hybridized carbons (Fsp3) is 0.476. The highest BCUT2D eigenvalue weighted by Crippen LogP contribution is 2.42. The van der Waals surface area contributed by atoms with Crippen molar-refractivity contribution in [3.8, 4) is 0 Å². The molecule has 2 aromatic rings. The van der Waals surface area contributed by atoms with Gasteiger partial charge in [-0.15, -0.1) is 21.5 Å². The highest BCUT2D eigenvalue weighted by molar-refractivity contribution is 7.94. The molecule has 1 aromatic heterocycles. The van der Waals surface area contributed by atoms with E-state index >= 15 is 0 Å². The van der Waals surface area contributed by atoms with Crippen LogP contribution in [0.2, 0.25) is 0 Å². The fourth-order valence-corrected chi connectivity index (χ4v) is 8.16. The molecule has 14 nitrogen and oxygen atoms in total. The summed E-state index contributed by atoms with van der Waals surface area (Å²) >= 11 is 0.548. The standard InChI is InChI=1S/C21H28N4O10S3/c1-3-24(21(26)34-13-15-5-7-16(8-6-15)14-35-25(27)28)18-12-23(9-4-10-33-2)38(31,32)20-17(18)11-19(36-20)37(22,29)30/h5-8,11,18H,3-4,9-10,12-14H2,1-2H3,(H2,22,29,30)/t18-/m0/s1. The van der Waals surface area contributed by atoms with E-state index < -0.39 is 37.3 Å². The van der Waals surface area contributed by atoms with E-state index in [1.54, 1.807) is 31.2 Å². The Bertz CT molecular complexity index is 1360. The number of methoxy groups -OCH3 is 1. The smallest absolute Gasteiger partial charge is 0.410 e. The number of amides is 1. The molecule has 0 fully saturated rings. The molecule has 1 atom stereocenters. The SMILES string of the molecule is CCN(C(=O)OCc1ccc(CO[N+](=O)[O-])cc1)[C@H]1CN(CCCOC)S(=O)(=O)c2sc(S(N)(=O)=O)cc21. The van der Waals surface area contributed by atoms with Crippen molar-refractivity contribution >= 4 is 37.5 Å². The zero-order chi connectivity index (χ0) is 28.1. The van der Waals surface area contributed by atoms with Crippen molar-refractivity contribution in [1.82, 2.24) is 9.21 Å². The first-order valence-corrected chi connectivity index (χ1v) is 15.1. The lowest BCUT2D eigenvalue weighted by Crippen LogP contribution is -2.47. The second kappa shape index (κ2) is 12.4. The summed E-state index contributed by atoms with van der Waals surface area (Å²) in [5, 5.41) is 14.7. The molecule has 1 aliphatic rings. The molecule has 3 rings (SSSR count). The van der Waals surface area contributed by atoms with Crippen LogP contribution in [0, 0.1) is 10.1 Å². The molecular weight excluding hydrogens is 564 g/mol. The van der Waals surface area contributed by atoms with Crippen LogP contribution in [0.5, 0.6) is 0 Å². The van der Waals surface area contributed by atoms with E-state index in [0.717, 1.165) is 0 Å². The lowest BCUT2D eigenvalue weighted by atomic mass is 10.1. The number of nitrogens with two attached hydrogens (primary N) is 1. The van der Waals surface area contributed by atoms with E-state index in [4.69, 9.17) is 14.6 Å². The molecule has 17 heteroatoms. The normalized spacial score (nSPS) is 17.0. The van der Waals surface area contributed by atoms with Crippen LogP contribution in [0.3, 0.4) is 0 Å². The number of fused-ring (bicyclic) bond motifs is 1. The Morgan fingerprint density at radius 3 is 2.45 bits per heavy atom. The van der Waals surface area contributed by atoms with Crippen LogP contribution in [-0.4, -0.2) is 70.6 Å². The van der Waals surface area contributed by atoms with Crippen molar-refractivity contribution in [1.29, 1.82) is 0 Å². The number of hydrogen-bond donors (Lipinski definition) is 1. The van der Waals surface area contributed by atoms with Gasteiger partial charge in [0.1, 0.15) is 21.6 Å². The molecule has 0 radical (unpaired) electrons. The van der Waals surface area contributed by atoms with Gasteiger partial charge in [0.25, 0.3) is 15.1 Å². The van der Waals surface area contributed by atoms with Gasteiger partial charge < -0.3 is 19.2 Å². The molecule has 1 aliphatic heterocycles. The first kappa shape index (κ1) is 29.7. The number of benzene rings is 1. The van der Waals surface area contributed by atoms with Gasteiger partial charge in [-0.2, -0.15) is 4.31 Å². The summed E-state index contributed by atoms with van der Waals surface area (Å²) in [5.74, 6) is 0. The van der Waals surface area contributed by atoms with Crippen molar-refractivity contribution in [3.05, 3.63) is 57.1 Å². The minimum atomic E-state index is -4.19. The Morgan fingerprint density at radius 1 is 1.26 bits per heavy atom. The highest BCUT2D eigenvalue weighted by Gasteiger charge is 2.43. The Balaban J connectivity index is 1.83. The summed E-state index contributed by atoms with van der Waals surface area (Å²) in [5.41, 5.74) is 1.33. The molecule has 38 heavy (non-hydrogen) atoms. The third-order valence-corrected chi connectivity index (χ3v) is 10.7. The van der Waals surface area contributed by atoms with Crippen LogP contribution in [0.1, 0.15) is 36.1 Å². The van der Waals surface area contributed by atoms with Gasteiger partial charge in [-0.3, -0.25) is 0 Å². The fourth-order valence-electron chi connectivity index (χ4n) is 3.87. The molecule has 1 aromatic carbocycles. The molecule has 1 amide bonds. The maximum absolute atomic E-state index is 13.3. The van der Waals surface area contributed by atoms with Gasteiger partial charge in [0, 0.05) is 38.9 Å². The van der Waals surface area contributed by atoms with Gasteiger partial charge in [-0.1, -0.05) is 24.3 Å². The molecule has 2 N–H and O–H groups in total. The minimum Gasteiger partial charge on any atom is -0.445 e. The van der Waals surface area contributed by atoms with Gasteiger partial charge >= 0.3 is 6.09 Å². The number of rotatable bonds is 12. The van der Waals surface area contributed by atoms with Crippen molar-refractivity contribution in [2.75, 3.05) is 33.4 Å². The average Bonchev–Trinajstić information content (AvgIpc) is 3.33. The summed E-state index contributed by atoms with van der Waals surface area (Å²) in [7, 11) is -6.72. The lowest BCUT2D eigenvalue weighted by molar-refractivity contribution is -0.763. The molecule has 0 unspecified atom stereocenters. The van der Waals surface area contributed by atoms with Crippen LogP contribution in [0.15, 0.2) is 38.8 Å². The van der Waals surface area contributed by atoms with Crippen LogP contribution in [0.4, 0.5) is 4.79 Å². The lowest BCUT2D eigenvalue weighted by Gasteiger charge is -2.37. The third kappa shape index (κ3) is 6.97. The van der Waals surface area contributed by atoms with Gasteiger partial charge in [0.15, 0.2) is 0 Å². The second-order valence-electron chi connectivity index (χ2n) is 8.23. The number of hydrogen-bond acceptors (Lipinski definition) is 11. The van der Waals surface area contributed by atoms with Crippen molar-refractivity contribution in [2.45, 2.75) is 41.0 Å². The summed E-state index contributed by atoms with van der Waals surface area (Å²) in [6.07, 6.45) is -0.339. The second-order valence-corrected chi connectivity index (χ2v) is 13.2. The average molecular weight is 593 g/mol. The summed E-state index contributed by atoms with van der Waals surface area (Å²) < 4.78 is 61.7. The molecule has 0 spiro atoms. The first-order chi connectivity index (χ1) is 17.9. The van der Waals surface area contributed by atoms with Crippen LogP contribution in [0.25, 0.3) is 0 Å². The Hall–Kier alpha value is -2.83. The summed E-state index contributed by atoms with van der Waals surface area (Å²) in [6.45, 7) is 1.82. The maximum atomic E-state index is 13.3. The van der Waals surface area contributed by atoms with Gasteiger partial charge in [-0.05, 0) is 30.5 Å². The molecule has 210 valence electrons. The first-order valence-electron chi connectivity index (χ1n) is 11.3. The maximum Gasteiger partial charge on any atom is 0.410 e. The molecule has 0 saturated heterocycles. The van der Waals surface area contributed by atoms with Gasteiger partial charge in [0.2, 0.25) is 10.0 Å². The monoisotopic (exact) mass is 592 g/mol. The zero-order valence-electron chi connectivity index (χ0n) is 20.6. The minimum absolute atomic E-state index is 0.103. The Labute approximate surface area is 224 Å². The molecular formula is C21H28N4O10S3. The number of carbonyl (C=O) groups is 1. The number of primary sulfonamides is 1. The van der Waals surface area contributed by atoms with Gasteiger partial charge in [-0.25, -0.2) is 26.8 Å². The molecule has 0 aliphatic carbocycles. The molecule has 0 bridgehead atoms. The molecule has 2 heterocycles. The predicted octanol–water partition coefficient (Wildman–Crippen LogP) is 1.84. The van der Waals surface area contributed by atoms with Crippen LogP contribution in [-0.2, 0) is 47.6 Å². The topological polar surface area (TPSA) is 189 Å². The van der Waals surface area contributed by atoms with Crippen molar-refractivity contribution in [3.63, 3.8) is 0 Å². The van der Waals surface area contributed by atoms with E-state index in [1.165, 1.54) is 22.4 Å². The number of likely N-dealkylation sites (N-methyl/N-ethyl adjacent to an activating group) is 1. The number of sulfonamides is 2. The Morgan fingerprint density at radius 2 is 1.89 bits per heavy atom. The Kier molecular flexibility index (Phi) is 9.66. The largest absolute Gasteiger partial charge is 0.445 e. The number of nitrogens with zero attached hydrogens (tertiary/aromatic N) is 3. The van der Waals surface area contributed by atoms with Crippen molar-refractivity contribution < 1.29 is 41.0 Å². The van der Waals surface area contributed by atoms with E-state index in [1.807, 2.05) is 0 Å². The zero-order valence-corrected chi connectivity index (χ0v) is 23.1. The number of carbonyl (C=O) groups excluding carboxylic acids is 1. The van der Waals surface area contributed by atoms with E-state index in [0.29, 0.717) is 35.5 Å². The van der Waals surface area contributed by atoms with E-state index in [2.05, 4.69) is 4.84 Å². The van der Waals surface area contributed by atoms with Gasteiger partial charge in [0.05, 0.1) is 6.04 Å². The summed E-state index contributed by atoms with van der Waals surface area (Å²) in [6, 6.07) is 6.83. The highest BCUT2D eigenvalue weighted by atomic mass is 32.3. The van der Waals surface area contributed by atoms with Crippen molar-refractivity contribution in [2.24, 2.45) is 5.14 Å². The van der Waals surface area contributed by atoms with E-state index in [-0.39, 0.29) is 46.8 Å². The summed E-state index contributed by atoms with van der Waals surface area (Å²) in [4.78, 5) is 29.1. The third-order valence-electron chi connectivity index (χ3n) is 5.72. The number of ether oxygens (including phenoxy) is 2. The van der Waals surface area contributed by atoms with Crippen LogP contribution < -0.4 is 5.14 Å². The quantitative estimate of drug-likeness (QED) is 0.216. The molecule has 0 saturated carbocycles.